The third kappa shape index (κ3) is 3.21. The van der Waals surface area contributed by atoms with Crippen molar-refractivity contribution in [1.82, 2.24) is 5.32 Å². The summed E-state index contributed by atoms with van der Waals surface area (Å²) in [5.41, 5.74) is 1.78. The van der Waals surface area contributed by atoms with Crippen LogP contribution in [0.4, 0.5) is 0 Å². The molecule has 0 radical (unpaired) electrons. The minimum Gasteiger partial charge on any atom is -0.493 e. The van der Waals surface area contributed by atoms with Gasteiger partial charge in [0.05, 0.1) is 18.7 Å². The highest BCUT2D eigenvalue weighted by atomic mass is 79.9. The van der Waals surface area contributed by atoms with Gasteiger partial charge in [0.2, 0.25) is 0 Å². The molecule has 1 aromatic carbocycles. The largest absolute Gasteiger partial charge is 0.493 e. The van der Waals surface area contributed by atoms with Gasteiger partial charge in [0.1, 0.15) is 0 Å². The van der Waals surface area contributed by atoms with E-state index in [1.165, 1.54) is 44.1 Å². The van der Waals surface area contributed by atoms with Gasteiger partial charge in [-0.05, 0) is 102 Å². The maximum absolute atomic E-state index is 5.48. The smallest absolute Gasteiger partial charge is 0.174 e. The lowest BCUT2D eigenvalue weighted by atomic mass is 9.48. The maximum atomic E-state index is 5.48. The molecule has 4 saturated carbocycles. The van der Waals surface area contributed by atoms with Gasteiger partial charge >= 0.3 is 0 Å². The molecule has 4 aliphatic carbocycles. The number of nitrogens with one attached hydrogen (secondary N) is 1. The van der Waals surface area contributed by atoms with Crippen molar-refractivity contribution in [1.29, 1.82) is 0 Å². The van der Waals surface area contributed by atoms with Crippen LogP contribution in [0.2, 0.25) is 0 Å². The van der Waals surface area contributed by atoms with Crippen LogP contribution in [0, 0.1) is 23.2 Å². The van der Waals surface area contributed by atoms with E-state index in [9.17, 15) is 0 Å². The molecule has 4 aliphatic rings. The molecule has 0 aliphatic heterocycles. The lowest BCUT2D eigenvalue weighted by molar-refractivity contribution is -0.0706. The Hall–Kier alpha value is -0.740. The first kappa shape index (κ1) is 17.7. The molecule has 4 fully saturated rings. The molecule has 1 unspecified atom stereocenters. The van der Waals surface area contributed by atoms with E-state index in [0.29, 0.717) is 11.5 Å². The van der Waals surface area contributed by atoms with Crippen LogP contribution < -0.4 is 14.8 Å². The Bertz CT molecular complexity index is 610. The van der Waals surface area contributed by atoms with E-state index >= 15 is 0 Å². The Labute approximate surface area is 160 Å². The predicted molar refractivity (Wildman–Crippen MR) is 104 cm³/mol. The number of hydrogen-bond acceptors (Lipinski definition) is 3. The van der Waals surface area contributed by atoms with E-state index in [4.69, 9.17) is 9.47 Å². The average Bonchev–Trinajstić information content (AvgIpc) is 2.57. The van der Waals surface area contributed by atoms with Crippen molar-refractivity contribution in [3.05, 3.63) is 22.2 Å². The van der Waals surface area contributed by atoms with Crippen LogP contribution in [0.25, 0.3) is 0 Å². The molecule has 0 amide bonds. The molecule has 3 nitrogen and oxygen atoms in total. The van der Waals surface area contributed by atoms with Gasteiger partial charge in [-0.25, -0.2) is 0 Å². The maximum Gasteiger partial charge on any atom is 0.174 e. The van der Waals surface area contributed by atoms with Crippen LogP contribution in [0.1, 0.15) is 51.0 Å². The quantitative estimate of drug-likeness (QED) is 0.705. The molecule has 1 atom stereocenters. The minimum atomic E-state index is 0.544. The van der Waals surface area contributed by atoms with Crippen molar-refractivity contribution in [3.8, 4) is 11.5 Å². The number of ether oxygens (including phenoxy) is 2. The topological polar surface area (TPSA) is 30.5 Å². The Morgan fingerprint density at radius 3 is 2.20 bits per heavy atom. The molecule has 4 bridgehead atoms. The van der Waals surface area contributed by atoms with Gasteiger partial charge in [-0.1, -0.05) is 0 Å². The predicted octanol–water partition coefficient (Wildman–Crippen LogP) is 5.16. The fourth-order valence-electron chi connectivity index (χ4n) is 6.27. The van der Waals surface area contributed by atoms with Gasteiger partial charge in [-0.15, -0.1) is 0 Å². The number of halogens is 1. The normalized spacial score (nSPS) is 34.2. The highest BCUT2D eigenvalue weighted by Gasteiger charge is 2.52. The molecule has 5 rings (SSSR count). The standard InChI is InChI=1S/C21H30BrNO2/c1-13(21-9-14-4-15(10-21)6-16(5-14)11-21)23-12-17-7-18(22)20(25-3)19(8-17)24-2/h7-8,13-16,23H,4-6,9-12H2,1-3H3. The molecule has 4 heteroatoms. The molecule has 138 valence electrons. The van der Waals surface area contributed by atoms with Crippen LogP contribution in [0.15, 0.2) is 16.6 Å². The molecular formula is C21H30BrNO2. The van der Waals surface area contributed by atoms with Gasteiger partial charge in [-0.2, -0.15) is 0 Å². The van der Waals surface area contributed by atoms with Gasteiger partial charge < -0.3 is 14.8 Å². The number of rotatable bonds is 6. The second-order valence-corrected chi connectivity index (χ2v) is 9.55. The number of benzene rings is 1. The molecule has 0 aromatic heterocycles. The summed E-state index contributed by atoms with van der Waals surface area (Å²) in [4.78, 5) is 0. The Kier molecular flexibility index (Phi) is 4.78. The van der Waals surface area contributed by atoms with E-state index in [-0.39, 0.29) is 0 Å². The van der Waals surface area contributed by atoms with Gasteiger partial charge in [0.25, 0.3) is 0 Å². The average molecular weight is 408 g/mol. The third-order valence-corrected chi connectivity index (χ3v) is 7.70. The zero-order valence-corrected chi connectivity index (χ0v) is 17.2. The lowest BCUT2D eigenvalue weighted by Gasteiger charge is -2.59. The molecule has 1 N–H and O–H groups in total. The zero-order chi connectivity index (χ0) is 17.6. The van der Waals surface area contributed by atoms with Crippen LogP contribution in [0.5, 0.6) is 11.5 Å². The van der Waals surface area contributed by atoms with E-state index in [1.807, 2.05) is 0 Å². The minimum absolute atomic E-state index is 0.544. The summed E-state index contributed by atoms with van der Waals surface area (Å²) in [7, 11) is 3.37. The first-order valence-corrected chi connectivity index (χ1v) is 10.5. The van der Waals surface area contributed by atoms with Gasteiger partial charge in [0.15, 0.2) is 11.5 Å². The summed E-state index contributed by atoms with van der Waals surface area (Å²) in [6, 6.07) is 4.80. The van der Waals surface area contributed by atoms with Crippen LogP contribution >= 0.6 is 15.9 Å². The van der Waals surface area contributed by atoms with Crippen LogP contribution in [0.3, 0.4) is 0 Å². The summed E-state index contributed by atoms with van der Waals surface area (Å²) in [5.74, 6) is 4.57. The number of hydrogen-bond donors (Lipinski definition) is 1. The van der Waals surface area contributed by atoms with Crippen molar-refractivity contribution < 1.29 is 9.47 Å². The monoisotopic (exact) mass is 407 g/mol. The van der Waals surface area contributed by atoms with Crippen molar-refractivity contribution in [2.75, 3.05) is 14.2 Å². The molecule has 0 spiro atoms. The van der Waals surface area contributed by atoms with Gasteiger partial charge in [-0.3, -0.25) is 0 Å². The fourth-order valence-corrected chi connectivity index (χ4v) is 6.92. The molecule has 0 saturated heterocycles. The van der Waals surface area contributed by atoms with Gasteiger partial charge in [0, 0.05) is 12.6 Å². The molecule has 1 aromatic rings. The second-order valence-electron chi connectivity index (χ2n) is 8.70. The van der Waals surface area contributed by atoms with Crippen molar-refractivity contribution >= 4 is 15.9 Å². The first-order chi connectivity index (χ1) is 12.0. The summed E-state index contributed by atoms with van der Waals surface area (Å²) in [5, 5.41) is 3.85. The highest BCUT2D eigenvalue weighted by Crippen LogP contribution is 2.61. The summed E-state index contributed by atoms with van der Waals surface area (Å²) >= 11 is 3.60. The van der Waals surface area contributed by atoms with Crippen molar-refractivity contribution in [2.24, 2.45) is 23.2 Å². The molecular weight excluding hydrogens is 378 g/mol. The van der Waals surface area contributed by atoms with Crippen LogP contribution in [-0.4, -0.2) is 20.3 Å². The molecule has 25 heavy (non-hydrogen) atoms. The summed E-state index contributed by atoms with van der Waals surface area (Å²) < 4.78 is 11.9. The van der Waals surface area contributed by atoms with E-state index in [1.54, 1.807) is 14.2 Å². The SMILES string of the molecule is COc1cc(CNC(C)C23CC4CC(CC(C4)C2)C3)cc(Br)c1OC. The Morgan fingerprint density at radius 2 is 1.68 bits per heavy atom. The lowest BCUT2D eigenvalue weighted by Crippen LogP contribution is -2.54. The molecule has 0 heterocycles. The number of methoxy groups -OCH3 is 2. The summed E-state index contributed by atoms with van der Waals surface area (Å²) in [6.45, 7) is 3.30. The van der Waals surface area contributed by atoms with Crippen molar-refractivity contribution in [2.45, 2.75) is 58.0 Å². The van der Waals surface area contributed by atoms with E-state index < -0.39 is 0 Å². The van der Waals surface area contributed by atoms with Crippen LogP contribution in [-0.2, 0) is 6.54 Å². The highest BCUT2D eigenvalue weighted by molar-refractivity contribution is 9.10. The van der Waals surface area contributed by atoms with E-state index in [2.05, 4.69) is 40.3 Å². The Balaban J connectivity index is 1.46. The second kappa shape index (κ2) is 6.77. The Morgan fingerprint density at radius 1 is 1.08 bits per heavy atom. The fraction of sp³-hybridized carbons (Fsp3) is 0.714. The van der Waals surface area contributed by atoms with E-state index in [0.717, 1.165) is 40.3 Å². The third-order valence-electron chi connectivity index (χ3n) is 7.11. The zero-order valence-electron chi connectivity index (χ0n) is 15.6. The first-order valence-electron chi connectivity index (χ1n) is 9.67. The summed E-state index contributed by atoms with van der Waals surface area (Å²) in [6.07, 6.45) is 8.87. The van der Waals surface area contributed by atoms with Crippen molar-refractivity contribution in [3.63, 3.8) is 0 Å².